The minimum absolute atomic E-state index is 0.218. The van der Waals surface area contributed by atoms with Crippen LogP contribution in [0.5, 0.6) is 5.75 Å². The lowest BCUT2D eigenvalue weighted by atomic mass is 10.2. The van der Waals surface area contributed by atoms with Gasteiger partial charge in [0.15, 0.2) is 5.13 Å². The molecular formula is C22H23Cl2N3O3S. The van der Waals surface area contributed by atoms with Gasteiger partial charge in [-0.1, -0.05) is 34.5 Å². The SMILES string of the molecule is CCOc1ccc2nc(N(CCN3CCOCC3)C(=O)c3cc(Cl)ccc3Cl)sc2c1. The fourth-order valence-electron chi connectivity index (χ4n) is 3.42. The Morgan fingerprint density at radius 2 is 2.03 bits per heavy atom. The quantitative estimate of drug-likeness (QED) is 0.478. The average Bonchev–Trinajstić information content (AvgIpc) is 3.19. The van der Waals surface area contributed by atoms with Crippen molar-refractivity contribution in [3.63, 3.8) is 0 Å². The summed E-state index contributed by atoms with van der Waals surface area (Å²) in [6.45, 7) is 6.84. The summed E-state index contributed by atoms with van der Waals surface area (Å²) in [6, 6.07) is 10.7. The number of aromatic nitrogens is 1. The van der Waals surface area contributed by atoms with Gasteiger partial charge in [-0.2, -0.15) is 0 Å². The Balaban J connectivity index is 1.66. The number of morpholine rings is 1. The standard InChI is InChI=1S/C22H23Cl2N3O3S/c1-2-30-16-4-6-19-20(14-16)31-22(25-19)27(8-7-26-9-11-29-12-10-26)21(28)17-13-15(23)3-5-18(17)24/h3-6,13-14H,2,7-12H2,1H3. The van der Waals surface area contributed by atoms with Gasteiger partial charge in [-0.25, -0.2) is 4.98 Å². The maximum absolute atomic E-state index is 13.5. The van der Waals surface area contributed by atoms with E-state index in [1.165, 1.54) is 11.3 Å². The molecule has 1 saturated heterocycles. The second-order valence-electron chi connectivity index (χ2n) is 7.09. The largest absolute Gasteiger partial charge is 0.494 e. The molecule has 0 saturated carbocycles. The molecule has 6 nitrogen and oxygen atoms in total. The van der Waals surface area contributed by atoms with Crippen molar-refractivity contribution in [3.05, 3.63) is 52.0 Å². The number of carbonyl (C=O) groups excluding carboxylic acids is 1. The maximum atomic E-state index is 13.5. The Kier molecular flexibility index (Phi) is 7.30. The smallest absolute Gasteiger partial charge is 0.261 e. The minimum Gasteiger partial charge on any atom is -0.494 e. The molecule has 31 heavy (non-hydrogen) atoms. The van der Waals surface area contributed by atoms with E-state index >= 15 is 0 Å². The Hall–Kier alpha value is -1.90. The van der Waals surface area contributed by atoms with Crippen LogP contribution in [0, 0.1) is 0 Å². The van der Waals surface area contributed by atoms with E-state index in [0.29, 0.717) is 53.7 Å². The molecule has 3 aromatic rings. The lowest BCUT2D eigenvalue weighted by Gasteiger charge is -2.29. The number of hydrogen-bond acceptors (Lipinski definition) is 6. The zero-order chi connectivity index (χ0) is 21.8. The summed E-state index contributed by atoms with van der Waals surface area (Å²) in [7, 11) is 0. The van der Waals surface area contributed by atoms with Gasteiger partial charge in [-0.3, -0.25) is 14.6 Å². The van der Waals surface area contributed by atoms with Crippen molar-refractivity contribution in [2.24, 2.45) is 0 Å². The van der Waals surface area contributed by atoms with E-state index in [4.69, 9.17) is 37.7 Å². The topological polar surface area (TPSA) is 54.9 Å². The number of anilines is 1. The molecule has 4 rings (SSSR count). The normalized spacial score (nSPS) is 14.7. The molecule has 1 aromatic heterocycles. The van der Waals surface area contributed by atoms with E-state index in [-0.39, 0.29) is 5.91 Å². The molecule has 0 aliphatic carbocycles. The van der Waals surface area contributed by atoms with E-state index in [1.807, 2.05) is 25.1 Å². The molecule has 0 N–H and O–H groups in total. The average molecular weight is 480 g/mol. The van der Waals surface area contributed by atoms with Gasteiger partial charge in [-0.15, -0.1) is 0 Å². The summed E-state index contributed by atoms with van der Waals surface area (Å²) in [6.07, 6.45) is 0. The highest BCUT2D eigenvalue weighted by Gasteiger charge is 2.25. The fraction of sp³-hybridized carbons (Fsp3) is 0.364. The van der Waals surface area contributed by atoms with E-state index in [0.717, 1.165) is 29.1 Å². The molecular weight excluding hydrogens is 457 g/mol. The van der Waals surface area contributed by atoms with Crippen LogP contribution >= 0.6 is 34.5 Å². The van der Waals surface area contributed by atoms with Gasteiger partial charge in [0.25, 0.3) is 5.91 Å². The maximum Gasteiger partial charge on any atom is 0.261 e. The first kappa shape index (κ1) is 22.3. The fourth-order valence-corrected chi connectivity index (χ4v) is 4.81. The molecule has 0 atom stereocenters. The first-order valence-electron chi connectivity index (χ1n) is 10.2. The van der Waals surface area contributed by atoms with Crippen molar-refractivity contribution < 1.29 is 14.3 Å². The summed E-state index contributed by atoms with van der Waals surface area (Å²) in [4.78, 5) is 22.2. The number of halogens is 2. The van der Waals surface area contributed by atoms with Gasteiger partial charge in [0.2, 0.25) is 0 Å². The summed E-state index contributed by atoms with van der Waals surface area (Å²) in [5.74, 6) is 0.569. The monoisotopic (exact) mass is 479 g/mol. The van der Waals surface area contributed by atoms with Crippen LogP contribution in [0.2, 0.25) is 10.0 Å². The van der Waals surface area contributed by atoms with Crippen molar-refractivity contribution in [2.45, 2.75) is 6.92 Å². The van der Waals surface area contributed by atoms with E-state index in [1.54, 1.807) is 23.1 Å². The summed E-state index contributed by atoms with van der Waals surface area (Å²) in [5, 5.41) is 1.45. The molecule has 164 valence electrons. The number of amides is 1. The highest BCUT2D eigenvalue weighted by Crippen LogP contribution is 2.33. The zero-order valence-electron chi connectivity index (χ0n) is 17.1. The predicted molar refractivity (Wildman–Crippen MR) is 126 cm³/mol. The first-order valence-corrected chi connectivity index (χ1v) is 11.7. The number of thiazole rings is 1. The van der Waals surface area contributed by atoms with Crippen LogP contribution in [-0.2, 0) is 4.74 Å². The Labute approximate surface area is 195 Å². The molecule has 1 aliphatic heterocycles. The molecule has 1 fully saturated rings. The Morgan fingerprint density at radius 1 is 1.23 bits per heavy atom. The number of ether oxygens (including phenoxy) is 2. The Bertz CT molecular complexity index is 1070. The molecule has 1 aliphatic rings. The number of carbonyl (C=O) groups is 1. The van der Waals surface area contributed by atoms with Crippen molar-refractivity contribution >= 4 is 55.8 Å². The lowest BCUT2D eigenvalue weighted by molar-refractivity contribution is 0.0391. The molecule has 0 radical (unpaired) electrons. The first-order chi connectivity index (χ1) is 15.0. The number of benzene rings is 2. The molecule has 0 bridgehead atoms. The molecule has 1 amide bonds. The summed E-state index contributed by atoms with van der Waals surface area (Å²) >= 11 is 13.9. The highest BCUT2D eigenvalue weighted by molar-refractivity contribution is 7.22. The summed E-state index contributed by atoms with van der Waals surface area (Å²) in [5.41, 5.74) is 1.19. The third kappa shape index (κ3) is 5.30. The van der Waals surface area contributed by atoms with Gasteiger partial charge in [-0.05, 0) is 43.3 Å². The van der Waals surface area contributed by atoms with Gasteiger partial charge < -0.3 is 9.47 Å². The van der Waals surface area contributed by atoms with Crippen LogP contribution < -0.4 is 9.64 Å². The molecule has 9 heteroatoms. The van der Waals surface area contributed by atoms with Crippen LogP contribution in [0.1, 0.15) is 17.3 Å². The van der Waals surface area contributed by atoms with Crippen molar-refractivity contribution in [2.75, 3.05) is 50.9 Å². The molecule has 0 spiro atoms. The van der Waals surface area contributed by atoms with E-state index in [9.17, 15) is 4.79 Å². The van der Waals surface area contributed by atoms with Crippen molar-refractivity contribution in [1.82, 2.24) is 9.88 Å². The second-order valence-corrected chi connectivity index (χ2v) is 8.95. The second kappa shape index (κ2) is 10.1. The van der Waals surface area contributed by atoms with Crippen LogP contribution in [0.25, 0.3) is 10.2 Å². The van der Waals surface area contributed by atoms with E-state index < -0.39 is 0 Å². The van der Waals surface area contributed by atoms with Crippen LogP contribution in [0.4, 0.5) is 5.13 Å². The highest BCUT2D eigenvalue weighted by atomic mass is 35.5. The van der Waals surface area contributed by atoms with Crippen LogP contribution in [-0.4, -0.2) is 61.8 Å². The number of fused-ring (bicyclic) bond motifs is 1. The Morgan fingerprint density at radius 3 is 2.81 bits per heavy atom. The third-order valence-electron chi connectivity index (χ3n) is 5.04. The van der Waals surface area contributed by atoms with Gasteiger partial charge >= 0.3 is 0 Å². The van der Waals surface area contributed by atoms with Crippen LogP contribution in [0.3, 0.4) is 0 Å². The lowest BCUT2D eigenvalue weighted by Crippen LogP contribution is -2.43. The molecule has 0 unspecified atom stereocenters. The zero-order valence-corrected chi connectivity index (χ0v) is 19.5. The third-order valence-corrected chi connectivity index (χ3v) is 6.64. The van der Waals surface area contributed by atoms with Gasteiger partial charge in [0.05, 0.1) is 40.6 Å². The number of nitrogens with zero attached hydrogens (tertiary/aromatic N) is 3. The minimum atomic E-state index is -0.218. The van der Waals surface area contributed by atoms with Gasteiger partial charge in [0, 0.05) is 31.2 Å². The number of hydrogen-bond donors (Lipinski definition) is 0. The van der Waals surface area contributed by atoms with Gasteiger partial charge in [0.1, 0.15) is 5.75 Å². The van der Waals surface area contributed by atoms with Crippen molar-refractivity contribution in [3.8, 4) is 5.75 Å². The van der Waals surface area contributed by atoms with E-state index in [2.05, 4.69) is 4.90 Å². The molecule has 2 aromatic carbocycles. The van der Waals surface area contributed by atoms with Crippen LogP contribution in [0.15, 0.2) is 36.4 Å². The van der Waals surface area contributed by atoms with Crippen molar-refractivity contribution in [1.29, 1.82) is 0 Å². The molecule has 2 heterocycles. The number of rotatable bonds is 7. The predicted octanol–water partition coefficient (Wildman–Crippen LogP) is 4.98. The summed E-state index contributed by atoms with van der Waals surface area (Å²) < 4.78 is 12.0.